The van der Waals surface area contributed by atoms with Crippen molar-refractivity contribution in [3.63, 3.8) is 0 Å². The molecule has 2 aromatic carbocycles. The number of hydrogen-bond acceptors (Lipinski definition) is 4. The molecular formula is C24H32Cl2N4O4S. The maximum atomic E-state index is 13.7. The van der Waals surface area contributed by atoms with Crippen molar-refractivity contribution in [2.24, 2.45) is 0 Å². The Balaban J connectivity index is 2.54. The minimum Gasteiger partial charge on any atom is -0.352 e. The van der Waals surface area contributed by atoms with Crippen LogP contribution in [0.2, 0.25) is 10.0 Å². The average Bonchev–Trinajstić information content (AvgIpc) is 2.78. The lowest BCUT2D eigenvalue weighted by Crippen LogP contribution is -2.54. The van der Waals surface area contributed by atoms with Crippen LogP contribution in [0.25, 0.3) is 0 Å². The SMILES string of the molecule is CC[C@@H](C(=O)NC(C)C)N(Cc1c(Cl)cccc1Cl)C(=O)CN(c1ccccc1)S(=O)(=O)N(C)C. The van der Waals surface area contributed by atoms with E-state index in [9.17, 15) is 18.0 Å². The first kappa shape index (κ1) is 28.9. The molecule has 0 aliphatic heterocycles. The van der Waals surface area contributed by atoms with E-state index in [2.05, 4.69) is 5.32 Å². The van der Waals surface area contributed by atoms with E-state index in [1.54, 1.807) is 55.5 Å². The van der Waals surface area contributed by atoms with Gasteiger partial charge >= 0.3 is 10.2 Å². The predicted octanol–water partition coefficient (Wildman–Crippen LogP) is 3.94. The molecular weight excluding hydrogens is 511 g/mol. The summed E-state index contributed by atoms with van der Waals surface area (Å²) in [6.07, 6.45) is 0.304. The summed E-state index contributed by atoms with van der Waals surface area (Å²) in [5, 5.41) is 3.52. The molecule has 0 heterocycles. The average molecular weight is 544 g/mol. The number of nitrogens with zero attached hydrogens (tertiary/aromatic N) is 3. The molecule has 11 heteroatoms. The lowest BCUT2D eigenvalue weighted by atomic mass is 10.1. The van der Waals surface area contributed by atoms with Crippen molar-refractivity contribution in [2.75, 3.05) is 24.9 Å². The van der Waals surface area contributed by atoms with E-state index in [0.717, 1.165) is 8.61 Å². The summed E-state index contributed by atoms with van der Waals surface area (Å²) in [4.78, 5) is 28.1. The normalized spacial score (nSPS) is 12.5. The zero-order valence-electron chi connectivity index (χ0n) is 20.5. The molecule has 8 nitrogen and oxygen atoms in total. The number of amides is 2. The topological polar surface area (TPSA) is 90.0 Å². The first-order valence-electron chi connectivity index (χ1n) is 11.2. The summed E-state index contributed by atoms with van der Waals surface area (Å²) >= 11 is 12.7. The highest BCUT2D eigenvalue weighted by molar-refractivity contribution is 7.90. The number of rotatable bonds is 11. The van der Waals surface area contributed by atoms with E-state index in [1.165, 1.54) is 19.0 Å². The van der Waals surface area contributed by atoms with E-state index in [4.69, 9.17) is 23.2 Å². The van der Waals surface area contributed by atoms with Crippen molar-refractivity contribution in [3.05, 3.63) is 64.1 Å². The Morgan fingerprint density at radius 1 is 0.971 bits per heavy atom. The molecule has 0 aliphatic rings. The molecule has 192 valence electrons. The highest BCUT2D eigenvalue weighted by Crippen LogP contribution is 2.28. The zero-order chi connectivity index (χ0) is 26.3. The van der Waals surface area contributed by atoms with Gasteiger partial charge in [0.1, 0.15) is 12.6 Å². The molecule has 0 saturated heterocycles. The minimum absolute atomic E-state index is 0.0635. The molecule has 0 saturated carbocycles. The molecule has 0 spiro atoms. The van der Waals surface area contributed by atoms with Gasteiger partial charge in [-0.1, -0.05) is 54.4 Å². The van der Waals surface area contributed by atoms with Crippen molar-refractivity contribution in [1.29, 1.82) is 0 Å². The Hall–Kier alpha value is -2.33. The smallest absolute Gasteiger partial charge is 0.304 e. The maximum absolute atomic E-state index is 13.7. The van der Waals surface area contributed by atoms with Gasteiger partial charge in [-0.05, 0) is 44.5 Å². The third-order valence-corrected chi connectivity index (χ3v) is 7.80. The number of nitrogens with one attached hydrogen (secondary N) is 1. The molecule has 2 aromatic rings. The Kier molecular flexibility index (Phi) is 10.4. The van der Waals surface area contributed by atoms with Gasteiger partial charge < -0.3 is 10.2 Å². The van der Waals surface area contributed by atoms with Crippen LogP contribution in [0, 0.1) is 0 Å². The quantitative estimate of drug-likeness (QED) is 0.465. The number of carbonyl (C=O) groups excluding carboxylic acids is 2. The first-order valence-corrected chi connectivity index (χ1v) is 13.3. The fraction of sp³-hybridized carbons (Fsp3) is 0.417. The van der Waals surface area contributed by atoms with Gasteiger partial charge in [-0.25, -0.2) is 4.31 Å². The molecule has 0 fully saturated rings. The Morgan fingerprint density at radius 3 is 2.03 bits per heavy atom. The van der Waals surface area contributed by atoms with Crippen LogP contribution in [0.3, 0.4) is 0 Å². The lowest BCUT2D eigenvalue weighted by Gasteiger charge is -2.34. The van der Waals surface area contributed by atoms with Gasteiger partial charge in [0, 0.05) is 42.3 Å². The minimum atomic E-state index is -4.01. The van der Waals surface area contributed by atoms with Crippen molar-refractivity contribution < 1.29 is 18.0 Å². The third-order valence-electron chi connectivity index (χ3n) is 5.27. The van der Waals surface area contributed by atoms with Crippen molar-refractivity contribution in [3.8, 4) is 0 Å². The van der Waals surface area contributed by atoms with Crippen LogP contribution in [0.4, 0.5) is 5.69 Å². The van der Waals surface area contributed by atoms with Crippen molar-refractivity contribution in [2.45, 2.75) is 45.8 Å². The summed E-state index contributed by atoms with van der Waals surface area (Å²) in [5.41, 5.74) is 0.798. The summed E-state index contributed by atoms with van der Waals surface area (Å²) in [6.45, 7) is 4.85. The fourth-order valence-corrected chi connectivity index (χ4v) is 5.04. The number of halogens is 2. The Morgan fingerprint density at radius 2 is 1.54 bits per heavy atom. The number of carbonyl (C=O) groups is 2. The molecule has 0 bridgehead atoms. The number of para-hydroxylation sites is 1. The third kappa shape index (κ3) is 7.33. The molecule has 2 amide bonds. The van der Waals surface area contributed by atoms with Gasteiger partial charge in [0.15, 0.2) is 0 Å². The second kappa shape index (κ2) is 12.6. The zero-order valence-corrected chi connectivity index (χ0v) is 22.9. The van der Waals surface area contributed by atoms with Crippen molar-refractivity contribution >= 4 is 50.9 Å². The molecule has 35 heavy (non-hydrogen) atoms. The molecule has 1 atom stereocenters. The van der Waals surface area contributed by atoms with Gasteiger partial charge in [0.25, 0.3) is 0 Å². The summed E-state index contributed by atoms with van der Waals surface area (Å²) in [6, 6.07) is 12.3. The van der Waals surface area contributed by atoms with Gasteiger partial charge in [-0.15, -0.1) is 0 Å². The van der Waals surface area contributed by atoms with Crippen LogP contribution in [0.5, 0.6) is 0 Å². The second-order valence-electron chi connectivity index (χ2n) is 8.44. The van der Waals surface area contributed by atoms with Crippen LogP contribution in [0.15, 0.2) is 48.5 Å². The van der Waals surface area contributed by atoms with Crippen LogP contribution in [-0.2, 0) is 26.3 Å². The van der Waals surface area contributed by atoms with Crippen LogP contribution in [0.1, 0.15) is 32.8 Å². The number of benzene rings is 2. The molecule has 0 radical (unpaired) electrons. The largest absolute Gasteiger partial charge is 0.352 e. The standard InChI is InChI=1S/C24H32Cl2N4O4S/c1-6-22(24(32)27-17(2)3)29(15-19-20(25)13-10-14-21(19)26)23(31)16-30(35(33,34)28(4)5)18-11-8-7-9-12-18/h7-14,17,22H,6,15-16H2,1-5H3,(H,27,32)/t22-/m0/s1. The van der Waals surface area contributed by atoms with Gasteiger partial charge in [0.2, 0.25) is 11.8 Å². The van der Waals surface area contributed by atoms with E-state index in [1.807, 2.05) is 13.8 Å². The Bertz CT molecular complexity index is 1110. The number of hydrogen-bond donors (Lipinski definition) is 1. The summed E-state index contributed by atoms with van der Waals surface area (Å²) < 4.78 is 28.3. The monoisotopic (exact) mass is 542 g/mol. The molecule has 0 aliphatic carbocycles. The van der Waals surface area contributed by atoms with Gasteiger partial charge in [-0.2, -0.15) is 12.7 Å². The summed E-state index contributed by atoms with van der Waals surface area (Å²) in [5.74, 6) is -0.915. The molecule has 2 rings (SSSR count). The maximum Gasteiger partial charge on any atom is 0.304 e. The fourth-order valence-electron chi connectivity index (χ4n) is 3.47. The number of anilines is 1. The van der Waals surface area contributed by atoms with Crippen LogP contribution >= 0.6 is 23.2 Å². The van der Waals surface area contributed by atoms with E-state index >= 15 is 0 Å². The predicted molar refractivity (Wildman–Crippen MR) is 141 cm³/mol. The highest BCUT2D eigenvalue weighted by atomic mass is 35.5. The highest BCUT2D eigenvalue weighted by Gasteiger charge is 2.34. The Labute approximate surface area is 218 Å². The molecule has 0 unspecified atom stereocenters. The molecule has 0 aromatic heterocycles. The molecule has 1 N–H and O–H groups in total. The van der Waals surface area contributed by atoms with Gasteiger partial charge in [-0.3, -0.25) is 9.59 Å². The van der Waals surface area contributed by atoms with Crippen LogP contribution < -0.4 is 9.62 Å². The van der Waals surface area contributed by atoms with E-state index < -0.39 is 28.7 Å². The van der Waals surface area contributed by atoms with Crippen molar-refractivity contribution in [1.82, 2.24) is 14.5 Å². The van der Waals surface area contributed by atoms with E-state index in [-0.39, 0.29) is 18.5 Å². The lowest BCUT2D eigenvalue weighted by molar-refractivity contribution is -0.140. The van der Waals surface area contributed by atoms with Gasteiger partial charge in [0.05, 0.1) is 5.69 Å². The second-order valence-corrected chi connectivity index (χ2v) is 11.3. The van der Waals surface area contributed by atoms with E-state index in [0.29, 0.717) is 27.7 Å². The summed E-state index contributed by atoms with van der Waals surface area (Å²) in [7, 11) is -1.23. The first-order chi connectivity index (χ1) is 16.4. The van der Waals surface area contributed by atoms with Crippen LogP contribution in [-0.4, -0.2) is 62.2 Å².